The van der Waals surface area contributed by atoms with Gasteiger partial charge < -0.3 is 15.5 Å². The Morgan fingerprint density at radius 3 is 1.86 bits per heavy atom. The summed E-state index contributed by atoms with van der Waals surface area (Å²) >= 11 is 0. The highest BCUT2D eigenvalue weighted by Gasteiger charge is 2.50. The molecular weight excluding hydrogens is 188 g/mol. The molecule has 0 spiro atoms. The Hall–Kier alpha value is -0.690. The second kappa shape index (κ2) is 3.47. The molecular formula is C8H14N2O4. The molecule has 2 rings (SSSR count). The molecule has 1 aliphatic heterocycles. The summed E-state index contributed by atoms with van der Waals surface area (Å²) in [6.07, 6.45) is 2.11. The van der Waals surface area contributed by atoms with Crippen molar-refractivity contribution in [2.45, 2.75) is 43.9 Å². The van der Waals surface area contributed by atoms with Gasteiger partial charge in [-0.2, -0.15) is 10.1 Å². The van der Waals surface area contributed by atoms with Gasteiger partial charge in [-0.05, 0) is 12.8 Å². The summed E-state index contributed by atoms with van der Waals surface area (Å²) in [5.41, 5.74) is 0. The van der Waals surface area contributed by atoms with E-state index in [-0.39, 0.29) is 12.1 Å². The van der Waals surface area contributed by atoms with Crippen molar-refractivity contribution in [1.29, 1.82) is 0 Å². The summed E-state index contributed by atoms with van der Waals surface area (Å²) in [6.45, 7) is 0. The van der Waals surface area contributed by atoms with Crippen LogP contribution >= 0.6 is 0 Å². The van der Waals surface area contributed by atoms with Crippen LogP contribution in [0.3, 0.4) is 0 Å². The highest BCUT2D eigenvalue weighted by atomic mass is 16.6. The second-order valence-corrected chi connectivity index (χ2v) is 3.89. The van der Waals surface area contributed by atoms with E-state index in [9.17, 15) is 15.2 Å². The number of hydroxylamine groups is 4. The van der Waals surface area contributed by atoms with E-state index in [1.165, 1.54) is 0 Å². The molecule has 6 heteroatoms. The standard InChI is InChI=1S/C8H14N2O4/c11-8(12)7-9(13)5-3-1-2-4-6(5)10(7)14/h5-7,13-14H,1-4H2,(H,11,12). The first-order valence-corrected chi connectivity index (χ1v) is 4.80. The van der Waals surface area contributed by atoms with Gasteiger partial charge in [0.05, 0.1) is 12.1 Å². The predicted molar refractivity (Wildman–Crippen MR) is 44.7 cm³/mol. The van der Waals surface area contributed by atoms with Gasteiger partial charge in [0.2, 0.25) is 6.17 Å². The Bertz CT molecular complexity index is 229. The minimum absolute atomic E-state index is 0.241. The quantitative estimate of drug-likeness (QED) is 0.559. The lowest BCUT2D eigenvalue weighted by Gasteiger charge is -2.27. The predicted octanol–water partition coefficient (Wildman–Crippen LogP) is 0.104. The van der Waals surface area contributed by atoms with Crippen LogP contribution in [0, 0.1) is 0 Å². The van der Waals surface area contributed by atoms with E-state index >= 15 is 0 Å². The first-order valence-electron chi connectivity index (χ1n) is 4.80. The molecule has 0 bridgehead atoms. The van der Waals surface area contributed by atoms with E-state index in [0.29, 0.717) is 0 Å². The SMILES string of the molecule is O=C(O)C1N(O)C2CCCCC2N1O. The van der Waals surface area contributed by atoms with Gasteiger partial charge in [0.1, 0.15) is 0 Å². The van der Waals surface area contributed by atoms with Crippen LogP contribution in [-0.2, 0) is 4.79 Å². The van der Waals surface area contributed by atoms with Crippen molar-refractivity contribution in [2.24, 2.45) is 0 Å². The molecule has 1 heterocycles. The largest absolute Gasteiger partial charge is 0.479 e. The number of hydrogen-bond acceptors (Lipinski definition) is 5. The molecule has 2 fully saturated rings. The number of rotatable bonds is 1. The maximum Gasteiger partial charge on any atom is 0.340 e. The number of carbonyl (C=O) groups is 1. The van der Waals surface area contributed by atoms with Crippen molar-refractivity contribution in [2.75, 3.05) is 0 Å². The highest BCUT2D eigenvalue weighted by molar-refractivity contribution is 5.73. The molecule has 2 unspecified atom stereocenters. The summed E-state index contributed by atoms with van der Waals surface area (Å²) in [7, 11) is 0. The van der Waals surface area contributed by atoms with Crippen molar-refractivity contribution >= 4 is 5.97 Å². The molecule has 3 N–H and O–H groups in total. The van der Waals surface area contributed by atoms with Gasteiger partial charge in [0.15, 0.2) is 0 Å². The van der Waals surface area contributed by atoms with Crippen molar-refractivity contribution in [3.63, 3.8) is 0 Å². The Morgan fingerprint density at radius 2 is 1.50 bits per heavy atom. The smallest absolute Gasteiger partial charge is 0.340 e. The molecule has 2 aliphatic rings. The average Bonchev–Trinajstić information content (AvgIpc) is 2.41. The molecule has 1 saturated carbocycles. The molecule has 0 radical (unpaired) electrons. The van der Waals surface area contributed by atoms with E-state index in [1.807, 2.05) is 0 Å². The fourth-order valence-corrected chi connectivity index (χ4v) is 2.42. The second-order valence-electron chi connectivity index (χ2n) is 3.89. The monoisotopic (exact) mass is 202 g/mol. The molecule has 0 aromatic rings. The van der Waals surface area contributed by atoms with Crippen LogP contribution in [0.2, 0.25) is 0 Å². The third-order valence-electron chi connectivity index (χ3n) is 3.10. The van der Waals surface area contributed by atoms with Gasteiger partial charge >= 0.3 is 5.97 Å². The molecule has 0 amide bonds. The van der Waals surface area contributed by atoms with Crippen LogP contribution < -0.4 is 0 Å². The molecule has 2 atom stereocenters. The third-order valence-corrected chi connectivity index (χ3v) is 3.10. The van der Waals surface area contributed by atoms with Gasteiger partial charge in [-0.1, -0.05) is 12.8 Å². The van der Waals surface area contributed by atoms with Crippen LogP contribution in [0.5, 0.6) is 0 Å². The molecule has 14 heavy (non-hydrogen) atoms. The normalized spacial score (nSPS) is 39.7. The Labute approximate surface area is 81.3 Å². The topological polar surface area (TPSA) is 84.2 Å². The number of hydrogen-bond donors (Lipinski definition) is 3. The van der Waals surface area contributed by atoms with Crippen LogP contribution in [0.4, 0.5) is 0 Å². The zero-order valence-corrected chi connectivity index (χ0v) is 7.70. The minimum Gasteiger partial charge on any atom is -0.479 e. The maximum absolute atomic E-state index is 10.8. The van der Waals surface area contributed by atoms with E-state index in [4.69, 9.17) is 5.11 Å². The lowest BCUT2D eigenvalue weighted by Crippen LogP contribution is -2.43. The van der Waals surface area contributed by atoms with Crippen LogP contribution in [0.15, 0.2) is 0 Å². The zero-order valence-electron chi connectivity index (χ0n) is 7.70. The highest BCUT2D eigenvalue weighted by Crippen LogP contribution is 2.33. The third kappa shape index (κ3) is 1.31. The Kier molecular flexibility index (Phi) is 2.44. The Balaban J connectivity index is 2.19. The maximum atomic E-state index is 10.8. The van der Waals surface area contributed by atoms with Gasteiger partial charge in [-0.3, -0.25) is 0 Å². The molecule has 6 nitrogen and oxygen atoms in total. The number of carboxylic acid groups (broad SMARTS) is 1. The minimum atomic E-state index is -1.30. The number of fused-ring (bicyclic) bond motifs is 1. The van der Waals surface area contributed by atoms with Crippen molar-refractivity contribution in [3.05, 3.63) is 0 Å². The van der Waals surface area contributed by atoms with E-state index in [2.05, 4.69) is 0 Å². The summed E-state index contributed by atoms with van der Waals surface area (Å²) in [5.74, 6) is -1.22. The molecule has 1 saturated heterocycles. The fraction of sp³-hybridized carbons (Fsp3) is 0.875. The van der Waals surface area contributed by atoms with Gasteiger partial charge in [-0.25, -0.2) is 4.79 Å². The number of nitrogens with zero attached hydrogens (tertiary/aromatic N) is 2. The zero-order chi connectivity index (χ0) is 10.3. The van der Waals surface area contributed by atoms with Gasteiger partial charge in [0, 0.05) is 0 Å². The van der Waals surface area contributed by atoms with Crippen molar-refractivity contribution in [1.82, 2.24) is 10.1 Å². The van der Waals surface area contributed by atoms with Crippen molar-refractivity contribution < 1.29 is 20.3 Å². The van der Waals surface area contributed by atoms with Gasteiger partial charge in [0.25, 0.3) is 0 Å². The molecule has 1 aliphatic carbocycles. The van der Waals surface area contributed by atoms with E-state index in [1.54, 1.807) is 0 Å². The molecule has 80 valence electrons. The molecule has 0 aromatic carbocycles. The van der Waals surface area contributed by atoms with Crippen LogP contribution in [-0.4, -0.2) is 49.9 Å². The first kappa shape index (κ1) is 9.85. The summed E-state index contributed by atoms with van der Waals surface area (Å²) < 4.78 is 0. The van der Waals surface area contributed by atoms with Gasteiger partial charge in [-0.15, -0.1) is 0 Å². The number of carboxylic acids is 1. The fourth-order valence-electron chi connectivity index (χ4n) is 2.42. The molecule has 0 aromatic heterocycles. The lowest BCUT2D eigenvalue weighted by atomic mass is 9.91. The summed E-state index contributed by atoms with van der Waals surface area (Å²) in [4.78, 5) is 10.8. The van der Waals surface area contributed by atoms with Crippen molar-refractivity contribution in [3.8, 4) is 0 Å². The Morgan fingerprint density at radius 1 is 1.07 bits per heavy atom. The lowest BCUT2D eigenvalue weighted by molar-refractivity contribution is -0.218. The summed E-state index contributed by atoms with van der Waals surface area (Å²) in [5, 5.41) is 29.5. The summed E-state index contributed by atoms with van der Waals surface area (Å²) in [6, 6.07) is -0.482. The average molecular weight is 202 g/mol. The van der Waals surface area contributed by atoms with Crippen LogP contribution in [0.25, 0.3) is 0 Å². The van der Waals surface area contributed by atoms with E-state index in [0.717, 1.165) is 35.8 Å². The number of aliphatic carboxylic acids is 1. The first-order chi connectivity index (χ1) is 6.63. The van der Waals surface area contributed by atoms with E-state index < -0.39 is 12.1 Å². The van der Waals surface area contributed by atoms with Crippen LogP contribution in [0.1, 0.15) is 25.7 Å².